The lowest BCUT2D eigenvalue weighted by Gasteiger charge is -2.40. The Bertz CT molecular complexity index is 1470. The van der Waals surface area contributed by atoms with E-state index in [2.05, 4.69) is 0 Å². The zero-order valence-electron chi connectivity index (χ0n) is 21.1. The molecule has 1 aromatic heterocycles. The maximum atomic E-state index is 12.7. The van der Waals surface area contributed by atoms with Gasteiger partial charge < -0.3 is 69.3 Å². The molecule has 0 amide bonds. The van der Waals surface area contributed by atoms with Crippen LogP contribution in [0.4, 0.5) is 0 Å². The maximum absolute atomic E-state index is 12.7. The van der Waals surface area contributed by atoms with E-state index in [0.29, 0.717) is 0 Å². The molecule has 3 aromatic rings. The zero-order valence-corrected chi connectivity index (χ0v) is 21.1. The summed E-state index contributed by atoms with van der Waals surface area (Å²) in [6, 6.07) is 7.08. The standard InChI is InChI=1S/C26H28O15/c27-8-26(36)9-38-25(23(26)35)37-7-18-20(32)21(33)22(34)24(41-18)39-11-4-14(30)19-15(31)6-16(40-17(19)5-11)10-1-2-12(28)13(29)3-10/h1-6,18,20-25,27-30,32-36H,7-9H2/t18?,20-,21+,22?,23-,24-,25-,26?/m1/s1. The highest BCUT2D eigenvalue weighted by Crippen LogP contribution is 2.35. The van der Waals surface area contributed by atoms with Crippen LogP contribution in [0, 0.1) is 0 Å². The highest BCUT2D eigenvalue weighted by atomic mass is 16.7. The molecule has 3 heterocycles. The first-order valence-corrected chi connectivity index (χ1v) is 12.4. The predicted molar refractivity (Wildman–Crippen MR) is 134 cm³/mol. The van der Waals surface area contributed by atoms with Gasteiger partial charge in [0.05, 0.1) is 19.8 Å². The summed E-state index contributed by atoms with van der Waals surface area (Å²) in [6.45, 7) is -1.72. The monoisotopic (exact) mass is 580 g/mol. The van der Waals surface area contributed by atoms with E-state index in [1.54, 1.807) is 0 Å². The van der Waals surface area contributed by atoms with Gasteiger partial charge in [-0.3, -0.25) is 4.79 Å². The number of aliphatic hydroxyl groups is 6. The number of aliphatic hydroxyl groups excluding tert-OH is 5. The van der Waals surface area contributed by atoms with Crippen molar-refractivity contribution in [3.63, 3.8) is 0 Å². The van der Waals surface area contributed by atoms with Crippen LogP contribution < -0.4 is 10.2 Å². The predicted octanol–water partition coefficient (Wildman–Crippen LogP) is -1.78. The van der Waals surface area contributed by atoms with Crippen LogP contribution >= 0.6 is 0 Å². The van der Waals surface area contributed by atoms with Gasteiger partial charge in [0, 0.05) is 23.8 Å². The SMILES string of the molecule is O=c1cc(-c2ccc(O)c(O)c2)oc2cc(O[C@@H]3OC(CO[C@@H]4OCC(O)(CO)[C@@H]4O)[C@@H](O)[C@H](O)C3O)cc(O)c12. The summed E-state index contributed by atoms with van der Waals surface area (Å²) < 4.78 is 27.4. The summed E-state index contributed by atoms with van der Waals surface area (Å²) >= 11 is 0. The van der Waals surface area contributed by atoms with Crippen LogP contribution in [0.5, 0.6) is 23.0 Å². The molecule has 0 radical (unpaired) electrons. The van der Waals surface area contributed by atoms with Gasteiger partial charge in [-0.05, 0) is 18.2 Å². The van der Waals surface area contributed by atoms with Crippen LogP contribution in [0.1, 0.15) is 0 Å². The Hall–Kier alpha value is -3.51. The second-order valence-electron chi connectivity index (χ2n) is 9.85. The van der Waals surface area contributed by atoms with Crippen molar-refractivity contribution in [2.75, 3.05) is 19.8 Å². The Morgan fingerprint density at radius 3 is 2.34 bits per heavy atom. The molecule has 2 saturated heterocycles. The third kappa shape index (κ3) is 5.42. The van der Waals surface area contributed by atoms with Gasteiger partial charge in [0.25, 0.3) is 0 Å². The molecule has 5 rings (SSSR count). The normalized spacial score (nSPS) is 31.9. The molecule has 0 saturated carbocycles. The second kappa shape index (κ2) is 11.1. The zero-order chi connectivity index (χ0) is 29.6. The van der Waals surface area contributed by atoms with E-state index in [9.17, 15) is 50.8 Å². The van der Waals surface area contributed by atoms with Crippen molar-refractivity contribution in [2.24, 2.45) is 0 Å². The summed E-state index contributed by atoms with van der Waals surface area (Å²) in [5, 5.41) is 90.4. The average Bonchev–Trinajstić information content (AvgIpc) is 3.23. The second-order valence-corrected chi connectivity index (χ2v) is 9.85. The minimum atomic E-state index is -1.95. The van der Waals surface area contributed by atoms with Crippen molar-refractivity contribution in [2.45, 2.75) is 48.7 Å². The molecule has 9 N–H and O–H groups in total. The number of rotatable bonds is 7. The van der Waals surface area contributed by atoms with Crippen LogP contribution in [0.25, 0.3) is 22.3 Å². The molecule has 15 heteroatoms. The fraction of sp³-hybridized carbons (Fsp3) is 0.423. The number of phenolic OH excluding ortho intramolecular Hbond substituents is 3. The number of benzene rings is 2. The van der Waals surface area contributed by atoms with Gasteiger partial charge in [-0.25, -0.2) is 0 Å². The Morgan fingerprint density at radius 1 is 0.902 bits per heavy atom. The van der Waals surface area contributed by atoms with Crippen LogP contribution in [0.2, 0.25) is 0 Å². The van der Waals surface area contributed by atoms with Crippen LogP contribution in [0.15, 0.2) is 45.6 Å². The number of fused-ring (bicyclic) bond motifs is 1. The summed E-state index contributed by atoms with van der Waals surface area (Å²) in [6.07, 6.45) is -11.2. The van der Waals surface area contributed by atoms with Crippen molar-refractivity contribution in [3.8, 4) is 34.3 Å². The van der Waals surface area contributed by atoms with E-state index in [1.165, 1.54) is 24.3 Å². The molecule has 0 aliphatic carbocycles. The van der Waals surface area contributed by atoms with Gasteiger partial charge in [0.1, 0.15) is 64.3 Å². The molecule has 2 aliphatic heterocycles. The molecule has 0 spiro atoms. The largest absolute Gasteiger partial charge is 0.507 e. The molecule has 3 unspecified atom stereocenters. The molecule has 8 atom stereocenters. The summed E-state index contributed by atoms with van der Waals surface area (Å²) in [5.74, 6) is -1.56. The fourth-order valence-electron chi connectivity index (χ4n) is 4.54. The van der Waals surface area contributed by atoms with E-state index >= 15 is 0 Å². The van der Waals surface area contributed by atoms with Gasteiger partial charge in [0.2, 0.25) is 6.29 Å². The Morgan fingerprint density at radius 2 is 1.66 bits per heavy atom. The number of hydrogen-bond acceptors (Lipinski definition) is 15. The molecule has 2 aromatic carbocycles. The Labute approximate surface area is 230 Å². The highest BCUT2D eigenvalue weighted by molar-refractivity contribution is 5.86. The smallest absolute Gasteiger partial charge is 0.229 e. The topological polar surface area (TPSA) is 249 Å². The maximum Gasteiger partial charge on any atom is 0.229 e. The van der Waals surface area contributed by atoms with Crippen molar-refractivity contribution < 1.29 is 69.3 Å². The van der Waals surface area contributed by atoms with Crippen molar-refractivity contribution in [1.29, 1.82) is 0 Å². The summed E-state index contributed by atoms with van der Waals surface area (Å²) in [7, 11) is 0. The first kappa shape index (κ1) is 29.0. The van der Waals surface area contributed by atoms with Crippen molar-refractivity contribution in [3.05, 3.63) is 46.6 Å². The molecule has 2 aliphatic rings. The van der Waals surface area contributed by atoms with Crippen molar-refractivity contribution >= 4 is 11.0 Å². The van der Waals surface area contributed by atoms with Gasteiger partial charge in [-0.15, -0.1) is 0 Å². The van der Waals surface area contributed by atoms with Gasteiger partial charge >= 0.3 is 0 Å². The lowest BCUT2D eigenvalue weighted by molar-refractivity contribution is -0.289. The van der Waals surface area contributed by atoms with Gasteiger partial charge in [-0.2, -0.15) is 0 Å². The van der Waals surface area contributed by atoms with Crippen LogP contribution in [-0.4, -0.2) is 114 Å². The number of hydrogen-bond donors (Lipinski definition) is 9. The van der Waals surface area contributed by atoms with E-state index in [1.807, 2.05) is 0 Å². The Kier molecular flexibility index (Phi) is 7.82. The lowest BCUT2D eigenvalue weighted by Crippen LogP contribution is -2.60. The fourth-order valence-corrected chi connectivity index (χ4v) is 4.54. The highest BCUT2D eigenvalue weighted by Gasteiger charge is 2.50. The third-order valence-electron chi connectivity index (χ3n) is 6.97. The molecule has 2 fully saturated rings. The van der Waals surface area contributed by atoms with E-state index in [4.69, 9.17) is 23.4 Å². The summed E-state index contributed by atoms with van der Waals surface area (Å²) in [5.41, 5.74) is -2.49. The first-order valence-electron chi connectivity index (χ1n) is 12.4. The molecule has 222 valence electrons. The summed E-state index contributed by atoms with van der Waals surface area (Å²) in [4.78, 5) is 12.7. The van der Waals surface area contributed by atoms with E-state index in [0.717, 1.165) is 12.1 Å². The van der Waals surface area contributed by atoms with Crippen molar-refractivity contribution in [1.82, 2.24) is 0 Å². The number of aromatic hydroxyl groups is 3. The third-order valence-corrected chi connectivity index (χ3v) is 6.97. The molecular weight excluding hydrogens is 552 g/mol. The molecule has 15 nitrogen and oxygen atoms in total. The minimum absolute atomic E-state index is 0.0107. The quantitative estimate of drug-likeness (QED) is 0.140. The Balaban J connectivity index is 1.36. The molecule has 0 bridgehead atoms. The number of phenols is 3. The van der Waals surface area contributed by atoms with Crippen LogP contribution in [0.3, 0.4) is 0 Å². The lowest BCUT2D eigenvalue weighted by atomic mass is 9.99. The van der Waals surface area contributed by atoms with Gasteiger partial charge in [-0.1, -0.05) is 0 Å². The molecular formula is C26H28O15. The number of ether oxygens (including phenoxy) is 4. The first-order chi connectivity index (χ1) is 19.4. The van der Waals surface area contributed by atoms with Crippen LogP contribution in [-0.2, 0) is 14.2 Å². The van der Waals surface area contributed by atoms with Gasteiger partial charge in [0.15, 0.2) is 23.2 Å². The minimum Gasteiger partial charge on any atom is -0.507 e. The average molecular weight is 580 g/mol. The molecule has 41 heavy (non-hydrogen) atoms. The van der Waals surface area contributed by atoms with E-state index < -0.39 is 85.4 Å². The van der Waals surface area contributed by atoms with E-state index in [-0.39, 0.29) is 33.8 Å².